The summed E-state index contributed by atoms with van der Waals surface area (Å²) in [5, 5.41) is 12.5. The van der Waals surface area contributed by atoms with E-state index in [9.17, 15) is 14.7 Å². The Morgan fingerprint density at radius 3 is 2.19 bits per heavy atom. The fourth-order valence-electron chi connectivity index (χ4n) is 3.88. The highest BCUT2D eigenvalue weighted by Gasteiger charge is 2.51. The second-order valence-corrected chi connectivity index (χ2v) is 8.56. The second kappa shape index (κ2) is 8.46. The highest BCUT2D eigenvalue weighted by Crippen LogP contribution is 2.44. The van der Waals surface area contributed by atoms with Gasteiger partial charge in [0.05, 0.1) is 18.7 Å². The highest BCUT2D eigenvalue weighted by atomic mass is 35.5. The van der Waals surface area contributed by atoms with Crippen molar-refractivity contribution in [2.24, 2.45) is 0 Å². The summed E-state index contributed by atoms with van der Waals surface area (Å²) >= 11 is 12.1. The maximum absolute atomic E-state index is 13.4. The lowest BCUT2D eigenvalue weighted by Crippen LogP contribution is -2.41. The monoisotopic (exact) mass is 453 g/mol. The predicted octanol–water partition coefficient (Wildman–Crippen LogP) is 5.56. The molecule has 3 aromatic rings. The normalized spacial score (nSPS) is 17.7. The Hall–Kier alpha value is -2.66. The molecule has 1 N–H and O–H groups in total. The number of rotatable bonds is 6. The van der Waals surface area contributed by atoms with E-state index >= 15 is 0 Å². The summed E-state index contributed by atoms with van der Waals surface area (Å²) in [6.07, 6.45) is 0.504. The van der Waals surface area contributed by atoms with Gasteiger partial charge in [0.1, 0.15) is 0 Å². The van der Waals surface area contributed by atoms with E-state index in [-0.39, 0.29) is 18.7 Å². The van der Waals surface area contributed by atoms with Crippen LogP contribution >= 0.6 is 23.2 Å². The summed E-state index contributed by atoms with van der Waals surface area (Å²) in [6.45, 7) is 2.28. The lowest BCUT2D eigenvalue weighted by molar-refractivity contribution is -0.136. The SMILES string of the molecule is CCc1ccc(C(=O)C[C@]2(O)C(=O)N(Cc3ccc(Cl)cc3)c3ccc(Cl)cc32)cc1. The number of carbonyl (C=O) groups is 2. The molecule has 1 atom stereocenters. The maximum Gasteiger partial charge on any atom is 0.264 e. The molecule has 158 valence electrons. The Bertz CT molecular complexity index is 1140. The van der Waals surface area contributed by atoms with Gasteiger partial charge in [0.2, 0.25) is 0 Å². The van der Waals surface area contributed by atoms with Crippen LogP contribution in [0.3, 0.4) is 0 Å². The predicted molar refractivity (Wildman–Crippen MR) is 123 cm³/mol. The molecule has 6 heteroatoms. The second-order valence-electron chi connectivity index (χ2n) is 7.69. The van der Waals surface area contributed by atoms with Crippen LogP contribution in [0.25, 0.3) is 0 Å². The van der Waals surface area contributed by atoms with Gasteiger partial charge in [0, 0.05) is 21.2 Å². The Kier molecular flexibility index (Phi) is 5.89. The number of carbonyl (C=O) groups excluding carboxylic acids is 2. The van der Waals surface area contributed by atoms with Crippen LogP contribution in [0.4, 0.5) is 5.69 Å². The van der Waals surface area contributed by atoms with Crippen molar-refractivity contribution < 1.29 is 14.7 Å². The first-order valence-corrected chi connectivity index (χ1v) is 10.8. The number of benzene rings is 3. The summed E-state index contributed by atoms with van der Waals surface area (Å²) in [7, 11) is 0. The molecule has 0 spiro atoms. The molecule has 1 amide bonds. The molecule has 0 unspecified atom stereocenters. The zero-order valence-corrected chi connectivity index (χ0v) is 18.5. The molecule has 1 aliphatic rings. The molecule has 0 saturated carbocycles. The van der Waals surface area contributed by atoms with Gasteiger partial charge in [-0.15, -0.1) is 0 Å². The first-order valence-electron chi connectivity index (χ1n) is 10.0. The van der Waals surface area contributed by atoms with Crippen LogP contribution in [0, 0.1) is 0 Å². The average Bonchev–Trinajstić information content (AvgIpc) is 2.96. The van der Waals surface area contributed by atoms with Crippen molar-refractivity contribution in [1.82, 2.24) is 0 Å². The molecule has 1 heterocycles. The maximum atomic E-state index is 13.4. The zero-order chi connectivity index (χ0) is 22.2. The van der Waals surface area contributed by atoms with Crippen LogP contribution in [0.2, 0.25) is 10.0 Å². The molecular weight excluding hydrogens is 433 g/mol. The van der Waals surface area contributed by atoms with Crippen LogP contribution in [-0.4, -0.2) is 16.8 Å². The topological polar surface area (TPSA) is 57.6 Å². The summed E-state index contributed by atoms with van der Waals surface area (Å²) in [6, 6.07) is 19.3. The standard InChI is InChI=1S/C25H21Cl2NO3/c1-2-16-3-7-18(8-4-16)23(29)14-25(31)21-13-20(27)11-12-22(21)28(24(25)30)15-17-5-9-19(26)10-6-17/h3-13,31H,2,14-15H2,1H3/t25-/m1/s1. The third kappa shape index (κ3) is 4.11. The third-order valence-corrected chi connectivity index (χ3v) is 6.14. The van der Waals surface area contributed by atoms with Crippen molar-refractivity contribution in [1.29, 1.82) is 0 Å². The van der Waals surface area contributed by atoms with Crippen LogP contribution in [0.1, 0.15) is 40.4 Å². The van der Waals surface area contributed by atoms with Crippen molar-refractivity contribution >= 4 is 40.6 Å². The molecule has 31 heavy (non-hydrogen) atoms. The number of halogens is 2. The lowest BCUT2D eigenvalue weighted by Gasteiger charge is -2.23. The Labute approximate surface area is 191 Å². The van der Waals surface area contributed by atoms with E-state index in [4.69, 9.17) is 23.2 Å². The molecule has 0 aliphatic carbocycles. The van der Waals surface area contributed by atoms with Gasteiger partial charge < -0.3 is 10.0 Å². The summed E-state index contributed by atoms with van der Waals surface area (Å²) in [4.78, 5) is 27.8. The molecule has 4 nitrogen and oxygen atoms in total. The van der Waals surface area contributed by atoms with E-state index in [0.717, 1.165) is 17.5 Å². The molecule has 3 aromatic carbocycles. The number of hydrogen-bond donors (Lipinski definition) is 1. The number of aliphatic hydroxyl groups is 1. The largest absolute Gasteiger partial charge is 0.375 e. The number of nitrogens with zero attached hydrogens (tertiary/aromatic N) is 1. The van der Waals surface area contributed by atoms with Gasteiger partial charge in [-0.2, -0.15) is 0 Å². The molecular formula is C25H21Cl2NO3. The van der Waals surface area contributed by atoms with E-state index in [2.05, 4.69) is 0 Å². The van der Waals surface area contributed by atoms with E-state index in [1.807, 2.05) is 31.2 Å². The van der Waals surface area contributed by atoms with E-state index in [1.165, 1.54) is 4.90 Å². The van der Waals surface area contributed by atoms with Gasteiger partial charge in [0.15, 0.2) is 11.4 Å². The fourth-order valence-corrected chi connectivity index (χ4v) is 4.18. The van der Waals surface area contributed by atoms with Crippen molar-refractivity contribution in [3.63, 3.8) is 0 Å². The van der Waals surface area contributed by atoms with Crippen LogP contribution < -0.4 is 4.90 Å². The van der Waals surface area contributed by atoms with Crippen molar-refractivity contribution in [2.45, 2.75) is 31.9 Å². The Balaban J connectivity index is 1.67. The minimum atomic E-state index is -1.98. The summed E-state index contributed by atoms with van der Waals surface area (Å²) in [5.41, 5.74) is 1.33. The average molecular weight is 454 g/mol. The first-order chi connectivity index (χ1) is 14.8. The minimum Gasteiger partial charge on any atom is -0.375 e. The van der Waals surface area contributed by atoms with Gasteiger partial charge in [-0.25, -0.2) is 0 Å². The van der Waals surface area contributed by atoms with Gasteiger partial charge in [-0.05, 0) is 47.9 Å². The van der Waals surface area contributed by atoms with E-state index in [0.29, 0.717) is 26.9 Å². The highest BCUT2D eigenvalue weighted by molar-refractivity contribution is 6.31. The molecule has 0 aromatic heterocycles. The van der Waals surface area contributed by atoms with Gasteiger partial charge in [-0.1, -0.05) is 66.5 Å². The van der Waals surface area contributed by atoms with Crippen molar-refractivity contribution in [2.75, 3.05) is 4.90 Å². The fraction of sp³-hybridized carbons (Fsp3) is 0.200. The number of hydrogen-bond acceptors (Lipinski definition) is 3. The van der Waals surface area contributed by atoms with Gasteiger partial charge >= 0.3 is 0 Å². The van der Waals surface area contributed by atoms with Crippen molar-refractivity contribution in [3.8, 4) is 0 Å². The van der Waals surface area contributed by atoms with Crippen LogP contribution in [-0.2, 0) is 23.4 Å². The molecule has 0 radical (unpaired) electrons. The van der Waals surface area contributed by atoms with Gasteiger partial charge in [0.25, 0.3) is 5.91 Å². The lowest BCUT2D eigenvalue weighted by atomic mass is 9.88. The number of Topliss-reactive ketones (excluding diaryl/α,β-unsaturated/α-hetero) is 1. The number of anilines is 1. The number of amides is 1. The third-order valence-electron chi connectivity index (χ3n) is 5.65. The molecule has 0 fully saturated rings. The van der Waals surface area contributed by atoms with Crippen LogP contribution in [0.5, 0.6) is 0 Å². The van der Waals surface area contributed by atoms with Gasteiger partial charge in [-0.3, -0.25) is 9.59 Å². The van der Waals surface area contributed by atoms with Crippen molar-refractivity contribution in [3.05, 3.63) is 99.0 Å². The Morgan fingerprint density at radius 1 is 0.935 bits per heavy atom. The number of aryl methyl sites for hydroxylation is 1. The zero-order valence-electron chi connectivity index (χ0n) is 16.9. The minimum absolute atomic E-state index is 0.242. The van der Waals surface area contributed by atoms with Crippen LogP contribution in [0.15, 0.2) is 66.7 Å². The Morgan fingerprint density at radius 2 is 1.55 bits per heavy atom. The molecule has 0 saturated heterocycles. The molecule has 4 rings (SSSR count). The quantitative estimate of drug-likeness (QED) is 0.496. The van der Waals surface area contributed by atoms with E-state index < -0.39 is 11.5 Å². The number of ketones is 1. The molecule has 1 aliphatic heterocycles. The van der Waals surface area contributed by atoms with E-state index in [1.54, 1.807) is 42.5 Å². The first kappa shape index (κ1) is 21.6. The summed E-state index contributed by atoms with van der Waals surface area (Å²) in [5.74, 6) is -0.851. The molecule has 0 bridgehead atoms. The smallest absolute Gasteiger partial charge is 0.264 e. The number of fused-ring (bicyclic) bond motifs is 1. The summed E-state index contributed by atoms with van der Waals surface area (Å²) < 4.78 is 0.